The van der Waals surface area contributed by atoms with Gasteiger partial charge in [0, 0.05) is 5.66 Å². The zero-order valence-electron chi connectivity index (χ0n) is 7.46. The lowest BCUT2D eigenvalue weighted by Gasteiger charge is -2.11. The third-order valence-electron chi connectivity index (χ3n) is 1.90. The largest absolute Gasteiger partial charge is 0.125 e. The Bertz CT molecular complexity index is 256. The van der Waals surface area contributed by atoms with Gasteiger partial charge in [-0.1, -0.05) is 42.5 Å². The molecule has 0 amide bonds. The van der Waals surface area contributed by atoms with Crippen molar-refractivity contribution < 1.29 is 0 Å². The first-order chi connectivity index (χ1) is 5.72. The van der Waals surface area contributed by atoms with Gasteiger partial charge in [0.25, 0.3) is 0 Å². The Labute approximate surface area is 77.0 Å². The summed E-state index contributed by atoms with van der Waals surface area (Å²) in [5.74, 6) is 0. The summed E-state index contributed by atoms with van der Waals surface area (Å²) < 4.78 is 0. The normalized spacial score (nSPS) is 18.3. The summed E-state index contributed by atoms with van der Waals surface area (Å²) >= 11 is 0. The first-order valence-corrected chi connectivity index (χ1v) is 4.82. The highest BCUT2D eigenvalue weighted by atomic mass is 31.0. The first-order valence-electron chi connectivity index (χ1n) is 4.16. The number of hydrogen-bond donors (Lipinski definition) is 0. The van der Waals surface area contributed by atoms with Gasteiger partial charge in [-0.15, -0.1) is 9.24 Å². The Hall–Kier alpha value is -0.610. The number of hydrogen-bond acceptors (Lipinski definition) is 0. The van der Waals surface area contributed by atoms with Crippen LogP contribution in [0.2, 0.25) is 0 Å². The summed E-state index contributed by atoms with van der Waals surface area (Å²) in [7, 11) is 2.81. The quantitative estimate of drug-likeness (QED) is 0.449. The van der Waals surface area contributed by atoms with E-state index in [1.165, 1.54) is 11.1 Å². The third kappa shape index (κ3) is 2.46. The second-order valence-electron chi connectivity index (χ2n) is 3.06. The molecule has 1 heteroatoms. The zero-order valence-corrected chi connectivity index (χ0v) is 8.61. The molecule has 2 atom stereocenters. The molecular formula is C11H15P. The average Bonchev–Trinajstić information content (AvgIpc) is 2.30. The summed E-state index contributed by atoms with van der Waals surface area (Å²) in [6.45, 7) is 6.00. The molecule has 0 radical (unpaired) electrons. The summed E-state index contributed by atoms with van der Waals surface area (Å²) in [4.78, 5) is 0. The van der Waals surface area contributed by atoms with Crippen LogP contribution >= 0.6 is 9.24 Å². The minimum Gasteiger partial charge on any atom is -0.125 e. The zero-order chi connectivity index (χ0) is 8.97. The average molecular weight is 178 g/mol. The molecular weight excluding hydrogens is 163 g/mol. The van der Waals surface area contributed by atoms with E-state index in [0.29, 0.717) is 5.66 Å². The Kier molecular flexibility index (Phi) is 3.49. The molecule has 0 aromatic rings. The predicted molar refractivity (Wildman–Crippen MR) is 59.3 cm³/mol. The molecule has 0 saturated heterocycles. The molecule has 0 aliphatic heterocycles. The van der Waals surface area contributed by atoms with Crippen molar-refractivity contribution in [3.8, 4) is 0 Å². The van der Waals surface area contributed by atoms with E-state index in [1.807, 2.05) is 0 Å². The molecule has 12 heavy (non-hydrogen) atoms. The fourth-order valence-corrected chi connectivity index (χ4v) is 1.31. The van der Waals surface area contributed by atoms with Crippen molar-refractivity contribution in [2.75, 3.05) is 0 Å². The molecule has 0 heterocycles. The van der Waals surface area contributed by atoms with Crippen LogP contribution in [0.1, 0.15) is 13.3 Å². The lowest BCUT2D eigenvalue weighted by atomic mass is 10.1. The van der Waals surface area contributed by atoms with E-state index in [1.54, 1.807) is 0 Å². The highest BCUT2D eigenvalue weighted by Crippen LogP contribution is 2.22. The summed E-state index contributed by atoms with van der Waals surface area (Å²) in [6, 6.07) is 0. The lowest BCUT2D eigenvalue weighted by Crippen LogP contribution is -2.00. The lowest BCUT2D eigenvalue weighted by molar-refractivity contribution is 1.18. The van der Waals surface area contributed by atoms with Crippen LogP contribution in [0.3, 0.4) is 0 Å². The molecule has 0 aromatic heterocycles. The van der Waals surface area contributed by atoms with Gasteiger partial charge < -0.3 is 0 Å². The fraction of sp³-hybridized carbons (Fsp3) is 0.273. The predicted octanol–water partition coefficient (Wildman–Crippen LogP) is 3.25. The van der Waals surface area contributed by atoms with Crippen LogP contribution in [0.25, 0.3) is 0 Å². The van der Waals surface area contributed by atoms with Crippen molar-refractivity contribution in [1.29, 1.82) is 0 Å². The summed E-state index contributed by atoms with van der Waals surface area (Å²) in [5.41, 5.74) is 2.90. The van der Waals surface area contributed by atoms with Gasteiger partial charge in [-0.2, -0.15) is 0 Å². The van der Waals surface area contributed by atoms with E-state index in [0.717, 1.165) is 6.42 Å². The Morgan fingerprint density at radius 2 is 2.33 bits per heavy atom. The van der Waals surface area contributed by atoms with Crippen LogP contribution in [0.4, 0.5) is 0 Å². The molecule has 0 N–H and O–H groups in total. The SMILES string of the molecule is C=C(C)C(P)C1=CC=CCC=C1. The monoisotopic (exact) mass is 178 g/mol. The standard InChI is InChI=1S/C11H15P/c1-9(2)11(12)10-7-5-3-4-6-8-10/h3,5-8,11H,1,4,12H2,2H3. The van der Waals surface area contributed by atoms with Gasteiger partial charge in [-0.3, -0.25) is 0 Å². The van der Waals surface area contributed by atoms with Crippen LogP contribution in [0.15, 0.2) is 48.1 Å². The Morgan fingerprint density at radius 1 is 1.58 bits per heavy atom. The van der Waals surface area contributed by atoms with E-state index in [4.69, 9.17) is 0 Å². The second kappa shape index (κ2) is 4.42. The van der Waals surface area contributed by atoms with Gasteiger partial charge in [0.05, 0.1) is 0 Å². The van der Waals surface area contributed by atoms with Crippen molar-refractivity contribution in [1.82, 2.24) is 0 Å². The van der Waals surface area contributed by atoms with Crippen LogP contribution < -0.4 is 0 Å². The highest BCUT2D eigenvalue weighted by Gasteiger charge is 2.05. The molecule has 2 unspecified atom stereocenters. The summed E-state index contributed by atoms with van der Waals surface area (Å²) in [6.07, 6.45) is 11.8. The van der Waals surface area contributed by atoms with Gasteiger partial charge in [0.1, 0.15) is 0 Å². The number of rotatable bonds is 2. The molecule has 1 aliphatic carbocycles. The van der Waals surface area contributed by atoms with Crippen molar-refractivity contribution in [2.45, 2.75) is 19.0 Å². The molecule has 64 valence electrons. The maximum absolute atomic E-state index is 3.94. The second-order valence-corrected chi connectivity index (χ2v) is 3.72. The summed E-state index contributed by atoms with van der Waals surface area (Å²) in [5, 5.41) is 0. The first kappa shape index (κ1) is 9.48. The van der Waals surface area contributed by atoms with E-state index < -0.39 is 0 Å². The maximum Gasteiger partial charge on any atom is 0.0187 e. The molecule has 1 rings (SSSR count). The van der Waals surface area contributed by atoms with E-state index in [2.05, 4.69) is 53.1 Å². The van der Waals surface area contributed by atoms with Crippen molar-refractivity contribution in [2.24, 2.45) is 0 Å². The van der Waals surface area contributed by atoms with E-state index in [9.17, 15) is 0 Å². The van der Waals surface area contributed by atoms with Gasteiger partial charge in [0.2, 0.25) is 0 Å². The molecule has 0 saturated carbocycles. The molecule has 0 nitrogen and oxygen atoms in total. The molecule has 0 aromatic carbocycles. The molecule has 0 bridgehead atoms. The number of allylic oxidation sites excluding steroid dienone is 7. The van der Waals surface area contributed by atoms with Crippen molar-refractivity contribution in [3.05, 3.63) is 48.1 Å². The van der Waals surface area contributed by atoms with E-state index in [-0.39, 0.29) is 0 Å². The third-order valence-corrected chi connectivity index (χ3v) is 2.85. The topological polar surface area (TPSA) is 0 Å². The van der Waals surface area contributed by atoms with Crippen LogP contribution in [-0.2, 0) is 0 Å². The van der Waals surface area contributed by atoms with Crippen LogP contribution in [-0.4, -0.2) is 5.66 Å². The van der Waals surface area contributed by atoms with Gasteiger partial charge in [0.15, 0.2) is 0 Å². The van der Waals surface area contributed by atoms with Gasteiger partial charge in [-0.25, -0.2) is 0 Å². The molecule has 0 spiro atoms. The maximum atomic E-state index is 3.94. The fourth-order valence-electron chi connectivity index (χ4n) is 1.09. The van der Waals surface area contributed by atoms with Crippen LogP contribution in [0.5, 0.6) is 0 Å². The molecule has 0 fully saturated rings. The highest BCUT2D eigenvalue weighted by molar-refractivity contribution is 7.18. The Morgan fingerprint density at radius 3 is 3.00 bits per heavy atom. The smallest absolute Gasteiger partial charge is 0.0187 e. The van der Waals surface area contributed by atoms with Crippen LogP contribution in [0, 0.1) is 0 Å². The Balaban J connectivity index is 2.79. The van der Waals surface area contributed by atoms with Gasteiger partial charge in [-0.05, 0) is 18.9 Å². The molecule has 1 aliphatic rings. The minimum atomic E-state index is 0.393. The van der Waals surface area contributed by atoms with Crippen molar-refractivity contribution >= 4 is 9.24 Å². The van der Waals surface area contributed by atoms with Crippen molar-refractivity contribution in [3.63, 3.8) is 0 Å². The van der Waals surface area contributed by atoms with Gasteiger partial charge >= 0.3 is 0 Å². The minimum absolute atomic E-state index is 0.393. The van der Waals surface area contributed by atoms with E-state index >= 15 is 0 Å².